The molecule has 3 heteroatoms. The number of carbonyl (C=O) groups is 2. The quantitative estimate of drug-likeness (QED) is 0.280. The summed E-state index contributed by atoms with van der Waals surface area (Å²) in [6.45, 7) is 1.97. The molecule has 3 rings (SSSR count). The van der Waals surface area contributed by atoms with Crippen LogP contribution in [0.1, 0.15) is 31.8 Å². The lowest BCUT2D eigenvalue weighted by molar-refractivity contribution is 0.0734. The van der Waals surface area contributed by atoms with Crippen LogP contribution in [0.4, 0.5) is 0 Å². The van der Waals surface area contributed by atoms with Gasteiger partial charge in [-0.2, -0.15) is 0 Å². The van der Waals surface area contributed by atoms with Crippen LogP contribution in [-0.4, -0.2) is 11.8 Å². The summed E-state index contributed by atoms with van der Waals surface area (Å²) in [4.78, 5) is 24.5. The van der Waals surface area contributed by atoms with Crippen LogP contribution in [0.3, 0.4) is 0 Å². The minimum absolute atomic E-state index is 0.103. The normalized spacial score (nSPS) is 10.7. The van der Waals surface area contributed by atoms with Crippen molar-refractivity contribution in [1.29, 1.82) is 0 Å². The van der Waals surface area contributed by atoms with Crippen LogP contribution < -0.4 is 4.74 Å². The van der Waals surface area contributed by atoms with E-state index in [0.717, 1.165) is 5.56 Å². The van der Waals surface area contributed by atoms with Gasteiger partial charge < -0.3 is 4.74 Å². The fourth-order valence-corrected chi connectivity index (χ4v) is 2.42. The fourth-order valence-electron chi connectivity index (χ4n) is 2.42. The third-order valence-electron chi connectivity index (χ3n) is 3.88. The molecule has 26 heavy (non-hydrogen) atoms. The second kappa shape index (κ2) is 8.08. The molecule has 0 aromatic heterocycles. The van der Waals surface area contributed by atoms with Gasteiger partial charge in [0.15, 0.2) is 5.78 Å². The summed E-state index contributed by atoms with van der Waals surface area (Å²) in [7, 11) is 0. The third kappa shape index (κ3) is 4.33. The van der Waals surface area contributed by atoms with Gasteiger partial charge in [0.25, 0.3) is 0 Å². The van der Waals surface area contributed by atoms with Crippen LogP contribution in [0.15, 0.2) is 84.9 Å². The second-order valence-electron chi connectivity index (χ2n) is 5.86. The van der Waals surface area contributed by atoms with E-state index in [4.69, 9.17) is 4.74 Å². The molecule has 0 radical (unpaired) electrons. The van der Waals surface area contributed by atoms with Gasteiger partial charge in [0.1, 0.15) is 5.75 Å². The number of ether oxygens (including phenoxy) is 1. The van der Waals surface area contributed by atoms with Crippen molar-refractivity contribution in [2.24, 2.45) is 0 Å². The van der Waals surface area contributed by atoms with Gasteiger partial charge in [-0.15, -0.1) is 0 Å². The molecule has 3 aromatic carbocycles. The molecular formula is C23H18O3. The maximum absolute atomic E-state index is 12.3. The van der Waals surface area contributed by atoms with Gasteiger partial charge in [0.2, 0.25) is 0 Å². The van der Waals surface area contributed by atoms with E-state index in [0.29, 0.717) is 22.4 Å². The summed E-state index contributed by atoms with van der Waals surface area (Å²) in [6, 6.07) is 23.3. The first-order valence-corrected chi connectivity index (χ1v) is 8.29. The van der Waals surface area contributed by atoms with Crippen molar-refractivity contribution >= 4 is 17.8 Å². The molecule has 0 amide bonds. The first-order chi connectivity index (χ1) is 12.6. The zero-order chi connectivity index (χ0) is 18.4. The molecule has 0 N–H and O–H groups in total. The highest BCUT2D eigenvalue weighted by Gasteiger charge is 2.10. The molecule has 0 aliphatic rings. The molecule has 128 valence electrons. The maximum atomic E-state index is 12.3. The Balaban J connectivity index is 1.77. The zero-order valence-corrected chi connectivity index (χ0v) is 14.4. The second-order valence-corrected chi connectivity index (χ2v) is 5.86. The first kappa shape index (κ1) is 17.4. The largest absolute Gasteiger partial charge is 0.422 e. The van der Waals surface area contributed by atoms with Gasteiger partial charge in [-0.3, -0.25) is 4.79 Å². The highest BCUT2D eigenvalue weighted by atomic mass is 16.5. The summed E-state index contributed by atoms with van der Waals surface area (Å²) in [5.74, 6) is -0.125. The molecule has 3 aromatic rings. The van der Waals surface area contributed by atoms with Gasteiger partial charge in [-0.05, 0) is 37.3 Å². The number of benzene rings is 3. The Labute approximate surface area is 152 Å². The van der Waals surface area contributed by atoms with Crippen LogP contribution in [0, 0.1) is 6.92 Å². The molecular weight excluding hydrogens is 324 g/mol. The van der Waals surface area contributed by atoms with Crippen molar-refractivity contribution in [1.82, 2.24) is 0 Å². The smallest absolute Gasteiger partial charge is 0.343 e. The third-order valence-corrected chi connectivity index (χ3v) is 3.88. The molecule has 0 saturated carbocycles. The highest BCUT2D eigenvalue weighted by Crippen LogP contribution is 2.21. The lowest BCUT2D eigenvalue weighted by atomic mass is 10.1. The maximum Gasteiger partial charge on any atom is 0.343 e. The Bertz CT molecular complexity index is 939. The standard InChI is InChI=1S/C23H18O3/c1-17-11-13-18(14-12-17)21(24)16-15-19-7-5-6-10-22(19)26-23(25)20-8-3-2-4-9-20/h2-16H,1H3/b16-15+. The van der Waals surface area contributed by atoms with Gasteiger partial charge in [0.05, 0.1) is 5.56 Å². The summed E-state index contributed by atoms with van der Waals surface area (Å²) >= 11 is 0. The molecule has 0 fully saturated rings. The Hall–Kier alpha value is -3.46. The number of para-hydroxylation sites is 1. The number of ketones is 1. The first-order valence-electron chi connectivity index (χ1n) is 8.29. The summed E-state index contributed by atoms with van der Waals surface area (Å²) in [6.07, 6.45) is 3.15. The summed E-state index contributed by atoms with van der Waals surface area (Å²) in [5.41, 5.74) is 2.86. The minimum Gasteiger partial charge on any atom is -0.422 e. The van der Waals surface area contributed by atoms with Crippen LogP contribution in [0.2, 0.25) is 0 Å². The number of allylic oxidation sites excluding steroid dienone is 1. The van der Waals surface area contributed by atoms with Crippen LogP contribution >= 0.6 is 0 Å². The van der Waals surface area contributed by atoms with Crippen molar-refractivity contribution in [3.8, 4) is 5.75 Å². The molecule has 0 unspecified atom stereocenters. The van der Waals surface area contributed by atoms with Gasteiger partial charge in [-0.25, -0.2) is 4.79 Å². The van der Waals surface area contributed by atoms with E-state index >= 15 is 0 Å². The number of esters is 1. The molecule has 0 bridgehead atoms. The highest BCUT2D eigenvalue weighted by molar-refractivity contribution is 6.07. The van der Waals surface area contributed by atoms with Crippen LogP contribution in [0.25, 0.3) is 6.08 Å². The van der Waals surface area contributed by atoms with E-state index in [1.54, 1.807) is 60.7 Å². The van der Waals surface area contributed by atoms with Crippen LogP contribution in [0.5, 0.6) is 5.75 Å². The van der Waals surface area contributed by atoms with Gasteiger partial charge >= 0.3 is 5.97 Å². The Morgan fingerprint density at radius 2 is 1.42 bits per heavy atom. The number of carbonyl (C=O) groups excluding carboxylic acids is 2. The van der Waals surface area contributed by atoms with E-state index in [2.05, 4.69) is 0 Å². The van der Waals surface area contributed by atoms with Crippen molar-refractivity contribution in [2.75, 3.05) is 0 Å². The lowest BCUT2D eigenvalue weighted by Gasteiger charge is -2.07. The Kier molecular flexibility index (Phi) is 5.40. The molecule has 0 saturated heterocycles. The molecule has 0 aliphatic heterocycles. The van der Waals surface area contributed by atoms with E-state index in [-0.39, 0.29) is 5.78 Å². The minimum atomic E-state index is -0.434. The van der Waals surface area contributed by atoms with E-state index in [1.165, 1.54) is 6.08 Å². The predicted molar refractivity (Wildman–Crippen MR) is 102 cm³/mol. The monoisotopic (exact) mass is 342 g/mol. The van der Waals surface area contributed by atoms with Crippen molar-refractivity contribution in [3.63, 3.8) is 0 Å². The average molecular weight is 342 g/mol. The lowest BCUT2D eigenvalue weighted by Crippen LogP contribution is -2.08. The van der Waals surface area contributed by atoms with E-state index in [9.17, 15) is 9.59 Å². The molecule has 0 atom stereocenters. The van der Waals surface area contributed by atoms with E-state index < -0.39 is 5.97 Å². The number of hydrogen-bond donors (Lipinski definition) is 0. The SMILES string of the molecule is Cc1ccc(C(=O)/C=C/c2ccccc2OC(=O)c2ccccc2)cc1. The molecule has 0 spiro atoms. The average Bonchev–Trinajstić information content (AvgIpc) is 2.68. The van der Waals surface area contributed by atoms with Crippen molar-refractivity contribution in [2.45, 2.75) is 6.92 Å². The van der Waals surface area contributed by atoms with Gasteiger partial charge in [-0.1, -0.05) is 66.2 Å². The molecule has 3 nitrogen and oxygen atoms in total. The zero-order valence-electron chi connectivity index (χ0n) is 14.4. The number of rotatable bonds is 5. The van der Waals surface area contributed by atoms with Crippen molar-refractivity contribution in [3.05, 3.63) is 107 Å². The fraction of sp³-hybridized carbons (Fsp3) is 0.0435. The predicted octanol–water partition coefficient (Wildman–Crippen LogP) is 5.11. The van der Waals surface area contributed by atoms with E-state index in [1.807, 2.05) is 31.2 Å². The number of aryl methyl sites for hydroxylation is 1. The number of hydrogen-bond acceptors (Lipinski definition) is 3. The topological polar surface area (TPSA) is 43.4 Å². The molecule has 0 aliphatic carbocycles. The Morgan fingerprint density at radius 3 is 2.15 bits per heavy atom. The summed E-state index contributed by atoms with van der Waals surface area (Å²) in [5, 5.41) is 0. The van der Waals surface area contributed by atoms with Crippen molar-refractivity contribution < 1.29 is 14.3 Å². The van der Waals surface area contributed by atoms with Crippen LogP contribution in [-0.2, 0) is 0 Å². The molecule has 0 heterocycles. The van der Waals surface area contributed by atoms with Gasteiger partial charge in [0, 0.05) is 11.1 Å². The summed E-state index contributed by atoms with van der Waals surface area (Å²) < 4.78 is 5.48. The Morgan fingerprint density at radius 1 is 0.769 bits per heavy atom.